The Kier molecular flexibility index (Phi) is 3.72. The number of anilines is 1. The summed E-state index contributed by atoms with van der Waals surface area (Å²) < 4.78 is 27.2. The van der Waals surface area contributed by atoms with Gasteiger partial charge >= 0.3 is 0 Å². The van der Waals surface area contributed by atoms with E-state index < -0.39 is 10.0 Å². The standard InChI is InChI=1S/C15H17NO3S/c1-10-4-6-14(9-11(10)2)20(18,19)16-15-7-5-13(17)8-12(15)3/h4-9,16-17H,1-3H3. The van der Waals surface area contributed by atoms with Crippen LogP contribution in [0.25, 0.3) is 0 Å². The lowest BCUT2D eigenvalue weighted by atomic mass is 10.1. The SMILES string of the molecule is Cc1ccc(S(=O)(=O)Nc2ccc(O)cc2C)cc1C. The van der Waals surface area contributed by atoms with Gasteiger partial charge in [-0.25, -0.2) is 8.42 Å². The van der Waals surface area contributed by atoms with Gasteiger partial charge in [0.15, 0.2) is 0 Å². The van der Waals surface area contributed by atoms with Gasteiger partial charge < -0.3 is 5.11 Å². The molecule has 0 aliphatic rings. The highest BCUT2D eigenvalue weighted by Crippen LogP contribution is 2.24. The van der Waals surface area contributed by atoms with E-state index in [1.165, 1.54) is 12.1 Å². The molecular formula is C15H17NO3S. The quantitative estimate of drug-likeness (QED) is 0.854. The lowest BCUT2D eigenvalue weighted by Gasteiger charge is -2.12. The molecule has 2 rings (SSSR count). The van der Waals surface area contributed by atoms with E-state index >= 15 is 0 Å². The largest absolute Gasteiger partial charge is 0.508 e. The van der Waals surface area contributed by atoms with Crippen LogP contribution in [0.15, 0.2) is 41.3 Å². The number of rotatable bonds is 3. The maximum Gasteiger partial charge on any atom is 0.261 e. The Balaban J connectivity index is 2.38. The molecule has 0 heterocycles. The van der Waals surface area contributed by atoms with Gasteiger partial charge in [0, 0.05) is 0 Å². The van der Waals surface area contributed by atoms with Crippen LogP contribution in [-0.4, -0.2) is 13.5 Å². The first kappa shape index (κ1) is 14.4. The minimum atomic E-state index is -3.62. The topological polar surface area (TPSA) is 66.4 Å². The van der Waals surface area contributed by atoms with E-state index in [2.05, 4.69) is 4.72 Å². The van der Waals surface area contributed by atoms with Crippen molar-refractivity contribution in [2.24, 2.45) is 0 Å². The Morgan fingerprint density at radius 2 is 1.60 bits per heavy atom. The summed E-state index contributed by atoms with van der Waals surface area (Å²) in [6, 6.07) is 9.52. The third-order valence-corrected chi connectivity index (χ3v) is 4.61. The fourth-order valence-electron chi connectivity index (χ4n) is 1.85. The molecule has 0 fully saturated rings. The minimum absolute atomic E-state index is 0.108. The van der Waals surface area contributed by atoms with Crippen molar-refractivity contribution in [1.82, 2.24) is 0 Å². The molecule has 0 bridgehead atoms. The zero-order chi connectivity index (χ0) is 14.9. The lowest BCUT2D eigenvalue weighted by molar-refractivity contribution is 0.475. The van der Waals surface area contributed by atoms with E-state index in [1.807, 2.05) is 13.8 Å². The molecule has 2 N–H and O–H groups in total. The van der Waals surface area contributed by atoms with Crippen LogP contribution in [0.3, 0.4) is 0 Å². The van der Waals surface area contributed by atoms with E-state index in [0.29, 0.717) is 11.3 Å². The smallest absolute Gasteiger partial charge is 0.261 e. The number of phenolic OH excluding ortho intramolecular Hbond substituents is 1. The molecule has 4 nitrogen and oxygen atoms in total. The van der Waals surface area contributed by atoms with Crippen LogP contribution < -0.4 is 4.72 Å². The molecule has 0 amide bonds. The highest BCUT2D eigenvalue weighted by atomic mass is 32.2. The van der Waals surface area contributed by atoms with Crippen LogP contribution in [0.1, 0.15) is 16.7 Å². The van der Waals surface area contributed by atoms with E-state index in [-0.39, 0.29) is 10.6 Å². The molecule has 5 heteroatoms. The Morgan fingerprint density at radius 3 is 2.20 bits per heavy atom. The molecule has 106 valence electrons. The Labute approximate surface area is 119 Å². The second kappa shape index (κ2) is 5.17. The van der Waals surface area contributed by atoms with Crippen molar-refractivity contribution in [1.29, 1.82) is 0 Å². The van der Waals surface area contributed by atoms with E-state index in [9.17, 15) is 13.5 Å². The van der Waals surface area contributed by atoms with Crippen LogP contribution in [0.5, 0.6) is 5.75 Å². The van der Waals surface area contributed by atoms with Crippen LogP contribution in [0.2, 0.25) is 0 Å². The van der Waals surface area contributed by atoms with E-state index in [0.717, 1.165) is 11.1 Å². The number of hydrogen-bond acceptors (Lipinski definition) is 3. The predicted molar refractivity (Wildman–Crippen MR) is 79.6 cm³/mol. The van der Waals surface area contributed by atoms with Crippen molar-refractivity contribution in [2.75, 3.05) is 4.72 Å². The van der Waals surface area contributed by atoms with Crippen LogP contribution >= 0.6 is 0 Å². The molecule has 2 aromatic rings. The van der Waals surface area contributed by atoms with Crippen molar-refractivity contribution in [3.05, 3.63) is 53.1 Å². The fraction of sp³-hybridized carbons (Fsp3) is 0.200. The first-order valence-electron chi connectivity index (χ1n) is 6.19. The highest BCUT2D eigenvalue weighted by molar-refractivity contribution is 7.92. The Bertz CT molecular complexity index is 752. The number of aromatic hydroxyl groups is 1. The molecule has 2 aromatic carbocycles. The van der Waals surface area contributed by atoms with Crippen molar-refractivity contribution in [3.8, 4) is 5.75 Å². The van der Waals surface area contributed by atoms with E-state index in [1.54, 1.807) is 31.2 Å². The van der Waals surface area contributed by atoms with Crippen LogP contribution in [-0.2, 0) is 10.0 Å². The molecule has 0 aromatic heterocycles. The first-order chi connectivity index (χ1) is 9.29. The maximum atomic E-state index is 12.3. The van der Waals surface area contributed by atoms with Gasteiger partial charge in [-0.15, -0.1) is 0 Å². The summed E-state index contributed by atoms with van der Waals surface area (Å²) >= 11 is 0. The summed E-state index contributed by atoms with van der Waals surface area (Å²) in [5, 5.41) is 9.34. The number of sulfonamides is 1. The molecule has 0 radical (unpaired) electrons. The van der Waals surface area contributed by atoms with Gasteiger partial charge in [-0.1, -0.05) is 6.07 Å². The third-order valence-electron chi connectivity index (χ3n) is 3.24. The third kappa shape index (κ3) is 2.93. The van der Waals surface area contributed by atoms with Gasteiger partial charge in [0.25, 0.3) is 10.0 Å². The molecule has 0 unspecified atom stereocenters. The minimum Gasteiger partial charge on any atom is -0.508 e. The average molecular weight is 291 g/mol. The summed E-state index contributed by atoms with van der Waals surface area (Å²) in [7, 11) is -3.62. The predicted octanol–water partition coefficient (Wildman–Crippen LogP) is 3.12. The van der Waals surface area contributed by atoms with Gasteiger partial charge in [0.1, 0.15) is 5.75 Å². The number of phenols is 1. The van der Waals surface area contributed by atoms with Crippen molar-refractivity contribution in [2.45, 2.75) is 25.7 Å². The van der Waals surface area contributed by atoms with Gasteiger partial charge in [0.2, 0.25) is 0 Å². The van der Waals surface area contributed by atoms with Crippen molar-refractivity contribution in [3.63, 3.8) is 0 Å². The molecule has 0 aliphatic carbocycles. The number of nitrogens with one attached hydrogen (secondary N) is 1. The highest BCUT2D eigenvalue weighted by Gasteiger charge is 2.15. The second-order valence-electron chi connectivity index (χ2n) is 4.85. The molecular weight excluding hydrogens is 274 g/mol. The summed E-state index contributed by atoms with van der Waals surface area (Å²) in [6.07, 6.45) is 0. The molecule has 0 saturated carbocycles. The second-order valence-corrected chi connectivity index (χ2v) is 6.53. The average Bonchev–Trinajstić information content (AvgIpc) is 2.36. The molecule has 0 aliphatic heterocycles. The first-order valence-corrected chi connectivity index (χ1v) is 7.67. The van der Waals surface area contributed by atoms with Crippen molar-refractivity contribution < 1.29 is 13.5 Å². The summed E-state index contributed by atoms with van der Waals surface area (Å²) in [4.78, 5) is 0.230. The normalized spacial score (nSPS) is 11.3. The molecule has 20 heavy (non-hydrogen) atoms. The van der Waals surface area contributed by atoms with Gasteiger partial charge in [-0.3, -0.25) is 4.72 Å². The van der Waals surface area contributed by atoms with Gasteiger partial charge in [-0.05, 0) is 67.8 Å². The molecule has 0 saturated heterocycles. The lowest BCUT2D eigenvalue weighted by Crippen LogP contribution is -2.14. The fourth-order valence-corrected chi connectivity index (χ4v) is 3.06. The zero-order valence-corrected chi connectivity index (χ0v) is 12.5. The number of hydrogen-bond donors (Lipinski definition) is 2. The van der Waals surface area contributed by atoms with Gasteiger partial charge in [-0.2, -0.15) is 0 Å². The zero-order valence-electron chi connectivity index (χ0n) is 11.6. The maximum absolute atomic E-state index is 12.3. The molecule has 0 atom stereocenters. The Morgan fingerprint density at radius 1 is 0.900 bits per heavy atom. The van der Waals surface area contributed by atoms with Crippen LogP contribution in [0, 0.1) is 20.8 Å². The number of benzene rings is 2. The summed E-state index contributed by atoms with van der Waals surface area (Å²) in [6.45, 7) is 5.54. The summed E-state index contributed by atoms with van der Waals surface area (Å²) in [5.41, 5.74) is 3.10. The van der Waals surface area contributed by atoms with Gasteiger partial charge in [0.05, 0.1) is 10.6 Å². The Hall–Kier alpha value is -2.01. The van der Waals surface area contributed by atoms with E-state index in [4.69, 9.17) is 0 Å². The van der Waals surface area contributed by atoms with Crippen molar-refractivity contribution >= 4 is 15.7 Å². The van der Waals surface area contributed by atoms with Crippen LogP contribution in [0.4, 0.5) is 5.69 Å². The monoisotopic (exact) mass is 291 g/mol. The molecule has 0 spiro atoms. The summed E-state index contributed by atoms with van der Waals surface area (Å²) in [5.74, 6) is 0.108. The number of aryl methyl sites for hydroxylation is 3.